The van der Waals surface area contributed by atoms with Gasteiger partial charge in [-0.15, -0.1) is 0 Å². The van der Waals surface area contributed by atoms with Crippen LogP contribution in [0.5, 0.6) is 5.88 Å². The Morgan fingerprint density at radius 3 is 3.00 bits per heavy atom. The number of rotatable bonds is 4. The van der Waals surface area contributed by atoms with Gasteiger partial charge in [0.2, 0.25) is 5.88 Å². The molecule has 19 heavy (non-hydrogen) atoms. The standard InChI is InChI=1S/C13H16N4O2/c1-6-18-9-11(1)10-19-13-8-15-7-12(16-13)17-4-2-14-3-5-17/h1,6-9,14H,2-5,10H2. The third-order valence-corrected chi connectivity index (χ3v) is 3.01. The van der Waals surface area contributed by atoms with E-state index in [1.165, 1.54) is 0 Å². The molecule has 0 saturated carbocycles. The Morgan fingerprint density at radius 1 is 1.32 bits per heavy atom. The zero-order chi connectivity index (χ0) is 12.9. The first kappa shape index (κ1) is 12.0. The lowest BCUT2D eigenvalue weighted by Crippen LogP contribution is -2.43. The zero-order valence-corrected chi connectivity index (χ0v) is 10.6. The number of furan rings is 1. The van der Waals surface area contributed by atoms with E-state index in [1.54, 1.807) is 24.9 Å². The fourth-order valence-corrected chi connectivity index (χ4v) is 1.99. The lowest BCUT2D eigenvalue weighted by atomic mass is 10.3. The molecule has 0 radical (unpaired) electrons. The number of piperazine rings is 1. The molecule has 1 aliphatic rings. The van der Waals surface area contributed by atoms with Crippen molar-refractivity contribution >= 4 is 5.82 Å². The SMILES string of the molecule is c1cc(COc2cncc(N3CCNCC3)n2)co1. The van der Waals surface area contributed by atoms with Crippen molar-refractivity contribution in [1.82, 2.24) is 15.3 Å². The average molecular weight is 260 g/mol. The highest BCUT2D eigenvalue weighted by molar-refractivity contribution is 5.38. The van der Waals surface area contributed by atoms with Crippen LogP contribution in [0.1, 0.15) is 5.56 Å². The molecule has 1 saturated heterocycles. The monoisotopic (exact) mass is 260 g/mol. The molecule has 0 unspecified atom stereocenters. The van der Waals surface area contributed by atoms with Crippen LogP contribution in [0.4, 0.5) is 5.82 Å². The Kier molecular flexibility index (Phi) is 3.60. The summed E-state index contributed by atoms with van der Waals surface area (Å²) >= 11 is 0. The smallest absolute Gasteiger partial charge is 0.234 e. The fourth-order valence-electron chi connectivity index (χ4n) is 1.99. The Balaban J connectivity index is 1.65. The molecule has 3 heterocycles. The molecule has 1 fully saturated rings. The summed E-state index contributed by atoms with van der Waals surface area (Å²) in [7, 11) is 0. The van der Waals surface area contributed by atoms with Crippen LogP contribution in [-0.4, -0.2) is 36.1 Å². The quantitative estimate of drug-likeness (QED) is 0.886. The maximum absolute atomic E-state index is 5.61. The van der Waals surface area contributed by atoms with Gasteiger partial charge in [-0.3, -0.25) is 4.98 Å². The van der Waals surface area contributed by atoms with Gasteiger partial charge in [0, 0.05) is 31.7 Å². The average Bonchev–Trinajstić information content (AvgIpc) is 3.00. The number of nitrogens with zero attached hydrogens (tertiary/aromatic N) is 3. The van der Waals surface area contributed by atoms with Crippen LogP contribution in [0, 0.1) is 0 Å². The minimum Gasteiger partial charge on any atom is -0.472 e. The first-order valence-corrected chi connectivity index (χ1v) is 6.33. The largest absolute Gasteiger partial charge is 0.472 e. The third kappa shape index (κ3) is 3.03. The van der Waals surface area contributed by atoms with Gasteiger partial charge in [-0.05, 0) is 6.07 Å². The van der Waals surface area contributed by atoms with Crippen molar-refractivity contribution in [1.29, 1.82) is 0 Å². The highest BCUT2D eigenvalue weighted by Gasteiger charge is 2.12. The van der Waals surface area contributed by atoms with Crippen molar-refractivity contribution in [2.24, 2.45) is 0 Å². The van der Waals surface area contributed by atoms with Crippen LogP contribution in [-0.2, 0) is 6.61 Å². The second-order valence-corrected chi connectivity index (χ2v) is 4.37. The van der Waals surface area contributed by atoms with E-state index in [0.29, 0.717) is 12.5 Å². The number of nitrogens with one attached hydrogen (secondary N) is 1. The predicted octanol–water partition coefficient (Wildman–Crippen LogP) is 1.06. The van der Waals surface area contributed by atoms with Gasteiger partial charge in [0.05, 0.1) is 24.9 Å². The molecule has 1 aliphatic heterocycles. The molecule has 2 aromatic heterocycles. The number of hydrogen-bond donors (Lipinski definition) is 1. The van der Waals surface area contributed by atoms with E-state index in [1.807, 2.05) is 6.07 Å². The van der Waals surface area contributed by atoms with Gasteiger partial charge in [0.15, 0.2) is 5.82 Å². The second-order valence-electron chi connectivity index (χ2n) is 4.37. The predicted molar refractivity (Wildman–Crippen MR) is 70.2 cm³/mol. The summed E-state index contributed by atoms with van der Waals surface area (Å²) in [5.74, 6) is 1.41. The molecule has 0 amide bonds. The van der Waals surface area contributed by atoms with Crippen LogP contribution in [0.3, 0.4) is 0 Å². The van der Waals surface area contributed by atoms with Crippen molar-refractivity contribution < 1.29 is 9.15 Å². The topological polar surface area (TPSA) is 63.4 Å². The van der Waals surface area contributed by atoms with Gasteiger partial charge in [0.25, 0.3) is 0 Å². The molecule has 2 aromatic rings. The fraction of sp³-hybridized carbons (Fsp3) is 0.385. The maximum Gasteiger partial charge on any atom is 0.234 e. The van der Waals surface area contributed by atoms with Crippen LogP contribution >= 0.6 is 0 Å². The van der Waals surface area contributed by atoms with Gasteiger partial charge >= 0.3 is 0 Å². The Labute approximate surface area is 111 Å². The van der Waals surface area contributed by atoms with Crippen molar-refractivity contribution in [2.45, 2.75) is 6.61 Å². The summed E-state index contributed by atoms with van der Waals surface area (Å²) in [6.45, 7) is 4.28. The van der Waals surface area contributed by atoms with Gasteiger partial charge < -0.3 is 19.4 Å². The van der Waals surface area contributed by atoms with Crippen molar-refractivity contribution in [2.75, 3.05) is 31.1 Å². The van der Waals surface area contributed by atoms with Crippen molar-refractivity contribution in [3.63, 3.8) is 0 Å². The molecular weight excluding hydrogens is 244 g/mol. The first-order valence-electron chi connectivity index (χ1n) is 6.33. The van der Waals surface area contributed by atoms with E-state index in [2.05, 4.69) is 20.2 Å². The highest BCUT2D eigenvalue weighted by Crippen LogP contribution is 2.15. The van der Waals surface area contributed by atoms with E-state index in [0.717, 1.165) is 37.6 Å². The van der Waals surface area contributed by atoms with E-state index >= 15 is 0 Å². The summed E-state index contributed by atoms with van der Waals surface area (Å²) in [5, 5.41) is 3.31. The van der Waals surface area contributed by atoms with Gasteiger partial charge in [0.1, 0.15) is 6.61 Å². The molecular formula is C13H16N4O2. The molecule has 6 heteroatoms. The lowest BCUT2D eigenvalue weighted by molar-refractivity contribution is 0.291. The van der Waals surface area contributed by atoms with Gasteiger partial charge in [-0.1, -0.05) is 0 Å². The molecule has 0 atom stereocenters. The Morgan fingerprint density at radius 2 is 2.21 bits per heavy atom. The van der Waals surface area contributed by atoms with E-state index in [9.17, 15) is 0 Å². The van der Waals surface area contributed by atoms with Gasteiger partial charge in [-0.25, -0.2) is 0 Å². The molecule has 6 nitrogen and oxygen atoms in total. The molecule has 3 rings (SSSR count). The highest BCUT2D eigenvalue weighted by atomic mass is 16.5. The summed E-state index contributed by atoms with van der Waals surface area (Å²) < 4.78 is 10.6. The van der Waals surface area contributed by atoms with Crippen LogP contribution < -0.4 is 15.0 Å². The van der Waals surface area contributed by atoms with Gasteiger partial charge in [-0.2, -0.15) is 4.98 Å². The number of hydrogen-bond acceptors (Lipinski definition) is 6. The number of anilines is 1. The molecule has 0 spiro atoms. The van der Waals surface area contributed by atoms with Crippen molar-refractivity contribution in [3.8, 4) is 5.88 Å². The molecule has 1 N–H and O–H groups in total. The summed E-state index contributed by atoms with van der Waals surface area (Å²) in [5.41, 5.74) is 0.981. The minimum atomic E-state index is 0.441. The third-order valence-electron chi connectivity index (χ3n) is 3.01. The zero-order valence-electron chi connectivity index (χ0n) is 10.6. The number of aromatic nitrogens is 2. The molecule has 0 bridgehead atoms. The van der Waals surface area contributed by atoms with E-state index in [-0.39, 0.29) is 0 Å². The number of ether oxygens (including phenoxy) is 1. The Hall–Kier alpha value is -2.08. The minimum absolute atomic E-state index is 0.441. The molecule has 0 aliphatic carbocycles. The molecule has 100 valence electrons. The lowest BCUT2D eigenvalue weighted by Gasteiger charge is -2.28. The van der Waals surface area contributed by atoms with Crippen molar-refractivity contribution in [3.05, 3.63) is 36.5 Å². The Bertz CT molecular complexity index is 509. The van der Waals surface area contributed by atoms with Crippen LogP contribution in [0.2, 0.25) is 0 Å². The first-order chi connectivity index (χ1) is 9.42. The van der Waals surface area contributed by atoms with Crippen LogP contribution in [0.15, 0.2) is 35.4 Å². The normalized spacial score (nSPS) is 15.5. The second kappa shape index (κ2) is 5.71. The summed E-state index contributed by atoms with van der Waals surface area (Å²) in [4.78, 5) is 10.9. The molecule has 0 aromatic carbocycles. The summed E-state index contributed by atoms with van der Waals surface area (Å²) in [6, 6.07) is 1.87. The van der Waals surface area contributed by atoms with Crippen LogP contribution in [0.25, 0.3) is 0 Å². The van der Waals surface area contributed by atoms with E-state index < -0.39 is 0 Å². The van der Waals surface area contributed by atoms with E-state index in [4.69, 9.17) is 9.15 Å². The maximum atomic E-state index is 5.61. The summed E-state index contributed by atoms with van der Waals surface area (Å²) in [6.07, 6.45) is 6.69.